The number of carboxylic acids is 1. The average molecular weight is 290 g/mol. The van der Waals surface area contributed by atoms with Crippen LogP contribution in [-0.4, -0.2) is 28.6 Å². The zero-order chi connectivity index (χ0) is 15.8. The summed E-state index contributed by atoms with van der Waals surface area (Å²) in [5.41, 5.74) is 1.00. The third kappa shape index (κ3) is 3.55. The molecule has 21 heavy (non-hydrogen) atoms. The lowest BCUT2D eigenvalue weighted by Gasteiger charge is -2.38. The van der Waals surface area contributed by atoms with Crippen LogP contribution < -0.4 is 4.90 Å². The number of piperidine rings is 1. The van der Waals surface area contributed by atoms with Gasteiger partial charge in [0.1, 0.15) is 5.82 Å². The molecule has 2 unspecified atom stereocenters. The summed E-state index contributed by atoms with van der Waals surface area (Å²) >= 11 is 0. The van der Waals surface area contributed by atoms with Crippen molar-refractivity contribution < 1.29 is 9.90 Å². The van der Waals surface area contributed by atoms with E-state index in [9.17, 15) is 9.90 Å². The number of hydrogen-bond donors (Lipinski definition) is 1. The van der Waals surface area contributed by atoms with Gasteiger partial charge in [0.15, 0.2) is 0 Å². The van der Waals surface area contributed by atoms with Crippen LogP contribution in [0.4, 0.5) is 5.82 Å². The van der Waals surface area contributed by atoms with Crippen LogP contribution >= 0.6 is 0 Å². The molecule has 2 rings (SSSR count). The first-order valence-corrected chi connectivity index (χ1v) is 7.71. The van der Waals surface area contributed by atoms with Gasteiger partial charge in [-0.2, -0.15) is 0 Å². The maximum Gasteiger partial charge on any atom is 0.335 e. The van der Waals surface area contributed by atoms with Crippen molar-refractivity contribution in [2.45, 2.75) is 58.9 Å². The second-order valence-corrected chi connectivity index (χ2v) is 7.34. The highest BCUT2D eigenvalue weighted by Gasteiger charge is 2.26. The third-order valence-electron chi connectivity index (χ3n) is 4.24. The number of rotatable bonds is 2. The fraction of sp³-hybridized carbons (Fsp3) is 0.647. The average Bonchev–Trinajstić information content (AvgIpc) is 2.40. The zero-order valence-corrected chi connectivity index (χ0v) is 13.7. The molecule has 0 amide bonds. The van der Waals surface area contributed by atoms with E-state index >= 15 is 0 Å². The number of aromatic nitrogens is 1. The second-order valence-electron chi connectivity index (χ2n) is 7.34. The highest BCUT2D eigenvalue weighted by molar-refractivity contribution is 5.88. The largest absolute Gasteiger partial charge is 0.478 e. The minimum Gasteiger partial charge on any atom is -0.478 e. The van der Waals surface area contributed by atoms with Gasteiger partial charge < -0.3 is 10.0 Å². The van der Waals surface area contributed by atoms with Crippen molar-refractivity contribution in [3.63, 3.8) is 0 Å². The number of anilines is 1. The molecule has 1 N–H and O–H groups in total. The van der Waals surface area contributed by atoms with Crippen LogP contribution in [0.5, 0.6) is 0 Å². The molecular formula is C17H26N2O2. The maximum atomic E-state index is 11.4. The smallest absolute Gasteiger partial charge is 0.335 e. The molecular weight excluding hydrogens is 264 g/mol. The van der Waals surface area contributed by atoms with E-state index in [0.717, 1.165) is 24.5 Å². The molecule has 1 aliphatic heterocycles. The van der Waals surface area contributed by atoms with Gasteiger partial charge in [0, 0.05) is 23.7 Å². The van der Waals surface area contributed by atoms with Gasteiger partial charge in [-0.1, -0.05) is 27.7 Å². The molecule has 1 aromatic rings. The number of pyridine rings is 1. The van der Waals surface area contributed by atoms with Crippen molar-refractivity contribution in [1.29, 1.82) is 0 Å². The van der Waals surface area contributed by atoms with E-state index in [-0.39, 0.29) is 5.41 Å². The Kier molecular flexibility index (Phi) is 4.26. The molecule has 2 heterocycles. The van der Waals surface area contributed by atoms with Gasteiger partial charge in [0.25, 0.3) is 0 Å². The predicted molar refractivity (Wildman–Crippen MR) is 85.1 cm³/mol. The number of aromatic carboxylic acids is 1. The van der Waals surface area contributed by atoms with Gasteiger partial charge in [-0.15, -0.1) is 0 Å². The Morgan fingerprint density at radius 2 is 1.95 bits per heavy atom. The summed E-state index contributed by atoms with van der Waals surface area (Å²) in [6.07, 6.45) is 2.35. The molecule has 4 heteroatoms. The van der Waals surface area contributed by atoms with Crippen LogP contribution in [-0.2, 0) is 5.41 Å². The summed E-state index contributed by atoms with van der Waals surface area (Å²) in [5.74, 6) is 0.537. The first kappa shape index (κ1) is 15.8. The van der Waals surface area contributed by atoms with E-state index in [0.29, 0.717) is 17.5 Å². The number of carboxylic acid groups (broad SMARTS) is 1. The van der Waals surface area contributed by atoms with Crippen molar-refractivity contribution in [3.8, 4) is 0 Å². The van der Waals surface area contributed by atoms with Crippen LogP contribution in [0.1, 0.15) is 63.5 Å². The Balaban J connectivity index is 2.47. The van der Waals surface area contributed by atoms with Crippen LogP contribution in [0.2, 0.25) is 0 Å². The topological polar surface area (TPSA) is 53.4 Å². The van der Waals surface area contributed by atoms with Crippen molar-refractivity contribution in [1.82, 2.24) is 4.98 Å². The van der Waals surface area contributed by atoms with E-state index in [4.69, 9.17) is 4.98 Å². The van der Waals surface area contributed by atoms with Gasteiger partial charge in [-0.3, -0.25) is 0 Å². The molecule has 1 aromatic heterocycles. The summed E-state index contributed by atoms with van der Waals surface area (Å²) in [7, 11) is 0. The van der Waals surface area contributed by atoms with E-state index < -0.39 is 5.97 Å². The summed E-state index contributed by atoms with van der Waals surface area (Å²) in [5, 5.41) is 9.37. The molecule has 0 aliphatic carbocycles. The lowest BCUT2D eigenvalue weighted by molar-refractivity contribution is 0.0696. The SMILES string of the molecule is CC1CCC(C)N(c2cc(C(=O)O)cc(C(C)(C)C)n2)C1. The van der Waals surface area contributed by atoms with Gasteiger partial charge in [-0.25, -0.2) is 9.78 Å². The number of nitrogens with zero attached hydrogens (tertiary/aromatic N) is 2. The Morgan fingerprint density at radius 1 is 1.29 bits per heavy atom. The summed E-state index contributed by atoms with van der Waals surface area (Å²) in [6.45, 7) is 11.6. The standard InChI is InChI=1S/C17H26N2O2/c1-11-6-7-12(2)19(10-11)15-9-13(16(20)21)8-14(18-15)17(3,4)5/h8-9,11-12H,6-7,10H2,1-5H3,(H,20,21). The first-order chi connectivity index (χ1) is 9.68. The van der Waals surface area contributed by atoms with Crippen LogP contribution in [0.3, 0.4) is 0 Å². The molecule has 1 saturated heterocycles. The zero-order valence-electron chi connectivity index (χ0n) is 13.7. The maximum absolute atomic E-state index is 11.4. The lowest BCUT2D eigenvalue weighted by atomic mass is 9.90. The number of hydrogen-bond acceptors (Lipinski definition) is 3. The molecule has 1 fully saturated rings. The van der Waals surface area contributed by atoms with E-state index in [1.807, 2.05) is 0 Å². The first-order valence-electron chi connectivity index (χ1n) is 7.71. The van der Waals surface area contributed by atoms with Gasteiger partial charge in [0.05, 0.1) is 5.56 Å². The second kappa shape index (κ2) is 5.66. The summed E-state index contributed by atoms with van der Waals surface area (Å²) < 4.78 is 0. The van der Waals surface area contributed by atoms with Gasteiger partial charge >= 0.3 is 5.97 Å². The highest BCUT2D eigenvalue weighted by atomic mass is 16.4. The highest BCUT2D eigenvalue weighted by Crippen LogP contribution is 2.30. The Hall–Kier alpha value is -1.58. The molecule has 0 radical (unpaired) electrons. The van der Waals surface area contributed by atoms with E-state index in [1.54, 1.807) is 12.1 Å². The van der Waals surface area contributed by atoms with E-state index in [1.165, 1.54) is 6.42 Å². The number of carbonyl (C=O) groups is 1. The minimum absolute atomic E-state index is 0.162. The van der Waals surface area contributed by atoms with Crippen LogP contribution in [0.15, 0.2) is 12.1 Å². The van der Waals surface area contributed by atoms with Crippen molar-refractivity contribution >= 4 is 11.8 Å². The Labute approximate surface area is 127 Å². The monoisotopic (exact) mass is 290 g/mol. The van der Waals surface area contributed by atoms with Crippen molar-refractivity contribution in [3.05, 3.63) is 23.4 Å². The Bertz CT molecular complexity index is 534. The molecule has 0 aromatic carbocycles. The summed E-state index contributed by atoms with van der Waals surface area (Å²) in [6, 6.07) is 3.82. The van der Waals surface area contributed by atoms with Gasteiger partial charge in [0.2, 0.25) is 0 Å². The quantitative estimate of drug-likeness (QED) is 0.902. The fourth-order valence-electron chi connectivity index (χ4n) is 2.78. The van der Waals surface area contributed by atoms with E-state index in [2.05, 4.69) is 39.5 Å². The normalized spacial score (nSPS) is 23.2. The molecule has 2 atom stereocenters. The predicted octanol–water partition coefficient (Wildman–Crippen LogP) is 3.70. The van der Waals surface area contributed by atoms with Gasteiger partial charge in [-0.05, 0) is 37.8 Å². The molecule has 0 bridgehead atoms. The summed E-state index contributed by atoms with van der Waals surface area (Å²) in [4.78, 5) is 18.4. The van der Waals surface area contributed by atoms with Crippen LogP contribution in [0.25, 0.3) is 0 Å². The van der Waals surface area contributed by atoms with Crippen LogP contribution in [0, 0.1) is 5.92 Å². The fourth-order valence-corrected chi connectivity index (χ4v) is 2.78. The van der Waals surface area contributed by atoms with Crippen molar-refractivity contribution in [2.75, 3.05) is 11.4 Å². The lowest BCUT2D eigenvalue weighted by Crippen LogP contribution is -2.42. The third-order valence-corrected chi connectivity index (χ3v) is 4.24. The molecule has 1 aliphatic rings. The minimum atomic E-state index is -0.887. The van der Waals surface area contributed by atoms with Crippen molar-refractivity contribution in [2.24, 2.45) is 5.92 Å². The molecule has 0 saturated carbocycles. The Morgan fingerprint density at radius 3 is 2.52 bits per heavy atom. The molecule has 4 nitrogen and oxygen atoms in total. The molecule has 0 spiro atoms. The molecule has 116 valence electrons.